The van der Waals surface area contributed by atoms with Crippen molar-refractivity contribution in [3.8, 4) is 0 Å². The molecule has 1 saturated carbocycles. The maximum Gasteiger partial charge on any atom is 0.236 e. The zero-order valence-electron chi connectivity index (χ0n) is 10.2. The standard InChI is InChI=1S/C12H22N2O2/c1-9-5-6-14(11(9)8-15)7-12(16)13(2)10-3-4-10/h9-11,15H,3-8H2,1-2H3/t9-,11-/m1/s1. The molecule has 2 aliphatic rings. The van der Waals surface area contributed by atoms with E-state index >= 15 is 0 Å². The van der Waals surface area contributed by atoms with Crippen LogP contribution < -0.4 is 0 Å². The maximum absolute atomic E-state index is 12.0. The first-order chi connectivity index (χ1) is 7.63. The van der Waals surface area contributed by atoms with Gasteiger partial charge in [-0.2, -0.15) is 0 Å². The molecule has 0 radical (unpaired) electrons. The number of rotatable bonds is 4. The number of aliphatic hydroxyl groups is 1. The van der Waals surface area contributed by atoms with E-state index in [1.165, 1.54) is 0 Å². The van der Waals surface area contributed by atoms with E-state index in [9.17, 15) is 9.90 Å². The first kappa shape index (κ1) is 11.9. The largest absolute Gasteiger partial charge is 0.395 e. The van der Waals surface area contributed by atoms with E-state index < -0.39 is 0 Å². The Morgan fingerprint density at radius 1 is 1.44 bits per heavy atom. The Morgan fingerprint density at radius 2 is 2.12 bits per heavy atom. The Labute approximate surface area is 97.2 Å². The van der Waals surface area contributed by atoms with Gasteiger partial charge in [0.25, 0.3) is 0 Å². The summed E-state index contributed by atoms with van der Waals surface area (Å²) in [5.41, 5.74) is 0. The van der Waals surface area contributed by atoms with Gasteiger partial charge < -0.3 is 10.0 Å². The summed E-state index contributed by atoms with van der Waals surface area (Å²) in [6, 6.07) is 0.664. The van der Waals surface area contributed by atoms with Crippen molar-refractivity contribution >= 4 is 5.91 Å². The van der Waals surface area contributed by atoms with E-state index in [0.717, 1.165) is 25.8 Å². The van der Waals surface area contributed by atoms with Gasteiger partial charge in [0.1, 0.15) is 0 Å². The maximum atomic E-state index is 12.0. The smallest absolute Gasteiger partial charge is 0.236 e. The van der Waals surface area contributed by atoms with Crippen molar-refractivity contribution in [2.24, 2.45) is 5.92 Å². The highest BCUT2D eigenvalue weighted by molar-refractivity contribution is 5.78. The van der Waals surface area contributed by atoms with Crippen LogP contribution in [0.25, 0.3) is 0 Å². The summed E-state index contributed by atoms with van der Waals surface area (Å²) in [5, 5.41) is 9.31. The monoisotopic (exact) mass is 226 g/mol. The van der Waals surface area contributed by atoms with E-state index in [2.05, 4.69) is 11.8 Å². The highest BCUT2D eigenvalue weighted by atomic mass is 16.3. The van der Waals surface area contributed by atoms with E-state index in [0.29, 0.717) is 18.5 Å². The van der Waals surface area contributed by atoms with E-state index in [1.54, 1.807) is 0 Å². The lowest BCUT2D eigenvalue weighted by atomic mass is 10.0. The molecule has 0 unspecified atom stereocenters. The predicted octanol–water partition coefficient (Wildman–Crippen LogP) is 0.310. The Kier molecular flexibility index (Phi) is 3.50. The minimum Gasteiger partial charge on any atom is -0.395 e. The summed E-state index contributed by atoms with van der Waals surface area (Å²) in [5.74, 6) is 0.707. The molecule has 0 bridgehead atoms. The van der Waals surface area contributed by atoms with E-state index in [-0.39, 0.29) is 18.6 Å². The van der Waals surface area contributed by atoms with E-state index in [1.807, 2.05) is 11.9 Å². The molecular formula is C12H22N2O2. The van der Waals surface area contributed by atoms with Crippen LogP contribution in [0.5, 0.6) is 0 Å². The Hall–Kier alpha value is -0.610. The molecule has 1 saturated heterocycles. The molecule has 1 aliphatic heterocycles. The molecular weight excluding hydrogens is 204 g/mol. The van der Waals surface area contributed by atoms with Gasteiger partial charge in [0, 0.05) is 19.1 Å². The first-order valence-electron chi connectivity index (χ1n) is 6.24. The van der Waals surface area contributed by atoms with Crippen LogP contribution in [-0.2, 0) is 4.79 Å². The molecule has 2 fully saturated rings. The van der Waals surface area contributed by atoms with Crippen LogP contribution >= 0.6 is 0 Å². The molecule has 1 aliphatic carbocycles. The Morgan fingerprint density at radius 3 is 2.69 bits per heavy atom. The van der Waals surface area contributed by atoms with Crippen LogP contribution in [-0.4, -0.2) is 59.6 Å². The van der Waals surface area contributed by atoms with Crippen molar-refractivity contribution < 1.29 is 9.90 Å². The predicted molar refractivity (Wildman–Crippen MR) is 62.0 cm³/mol. The van der Waals surface area contributed by atoms with E-state index in [4.69, 9.17) is 0 Å². The number of hydrogen-bond acceptors (Lipinski definition) is 3. The van der Waals surface area contributed by atoms with Crippen LogP contribution in [0.4, 0.5) is 0 Å². The topological polar surface area (TPSA) is 43.8 Å². The lowest BCUT2D eigenvalue weighted by molar-refractivity contribution is -0.132. The number of nitrogens with zero attached hydrogens (tertiary/aromatic N) is 2. The second kappa shape index (κ2) is 4.72. The lowest BCUT2D eigenvalue weighted by Gasteiger charge is -2.26. The summed E-state index contributed by atoms with van der Waals surface area (Å²) in [6.07, 6.45) is 3.40. The fourth-order valence-electron chi connectivity index (χ4n) is 2.53. The second-order valence-electron chi connectivity index (χ2n) is 5.22. The SMILES string of the molecule is C[C@@H]1CCN(CC(=O)N(C)C2CC2)[C@@H]1CO. The van der Waals surface area contributed by atoms with Crippen molar-refractivity contribution in [2.75, 3.05) is 26.7 Å². The van der Waals surface area contributed by atoms with Crippen LogP contribution in [0.15, 0.2) is 0 Å². The van der Waals surface area contributed by atoms with Crippen molar-refractivity contribution in [2.45, 2.75) is 38.3 Å². The molecule has 1 heterocycles. The number of hydrogen-bond donors (Lipinski definition) is 1. The van der Waals surface area contributed by atoms with Crippen molar-refractivity contribution in [3.63, 3.8) is 0 Å². The van der Waals surface area contributed by atoms with Crippen LogP contribution in [0.1, 0.15) is 26.2 Å². The third-order valence-corrected chi connectivity index (χ3v) is 4.01. The van der Waals surface area contributed by atoms with Gasteiger partial charge in [0.05, 0.1) is 13.2 Å². The third-order valence-electron chi connectivity index (χ3n) is 4.01. The summed E-state index contributed by atoms with van der Waals surface area (Å²) in [6.45, 7) is 3.73. The lowest BCUT2D eigenvalue weighted by Crippen LogP contribution is -2.43. The highest BCUT2D eigenvalue weighted by Crippen LogP contribution is 2.27. The van der Waals surface area contributed by atoms with Gasteiger partial charge in [-0.3, -0.25) is 9.69 Å². The number of carbonyl (C=O) groups excluding carboxylic acids is 1. The molecule has 2 atom stereocenters. The number of likely N-dealkylation sites (tertiary alicyclic amines) is 1. The van der Waals surface area contributed by atoms with Gasteiger partial charge >= 0.3 is 0 Å². The van der Waals surface area contributed by atoms with Crippen molar-refractivity contribution in [3.05, 3.63) is 0 Å². The van der Waals surface area contributed by atoms with Gasteiger partial charge in [0.2, 0.25) is 5.91 Å². The van der Waals surface area contributed by atoms with Gasteiger partial charge in [-0.15, -0.1) is 0 Å². The van der Waals surface area contributed by atoms with Gasteiger partial charge in [0.15, 0.2) is 0 Å². The zero-order valence-corrected chi connectivity index (χ0v) is 10.2. The summed E-state index contributed by atoms with van der Waals surface area (Å²) >= 11 is 0. The molecule has 1 N–H and O–H groups in total. The third kappa shape index (κ3) is 2.38. The normalized spacial score (nSPS) is 30.7. The average Bonchev–Trinajstić information content (AvgIpc) is 3.04. The Bertz CT molecular complexity index is 266. The molecule has 4 nitrogen and oxygen atoms in total. The van der Waals surface area contributed by atoms with Crippen LogP contribution in [0, 0.1) is 5.92 Å². The fourth-order valence-corrected chi connectivity index (χ4v) is 2.53. The van der Waals surface area contributed by atoms with Crippen molar-refractivity contribution in [1.29, 1.82) is 0 Å². The second-order valence-corrected chi connectivity index (χ2v) is 5.22. The molecule has 0 aromatic carbocycles. The van der Waals surface area contributed by atoms with Crippen molar-refractivity contribution in [1.82, 2.24) is 9.80 Å². The fraction of sp³-hybridized carbons (Fsp3) is 0.917. The van der Waals surface area contributed by atoms with Gasteiger partial charge in [-0.05, 0) is 31.7 Å². The molecule has 0 aromatic rings. The molecule has 2 rings (SSSR count). The molecule has 0 spiro atoms. The molecule has 4 heteroatoms. The van der Waals surface area contributed by atoms with Crippen LogP contribution in [0.3, 0.4) is 0 Å². The highest BCUT2D eigenvalue weighted by Gasteiger charge is 2.35. The number of likely N-dealkylation sites (N-methyl/N-ethyl adjacent to an activating group) is 1. The zero-order chi connectivity index (χ0) is 11.7. The van der Waals surface area contributed by atoms with Gasteiger partial charge in [-0.25, -0.2) is 0 Å². The number of aliphatic hydroxyl groups excluding tert-OH is 1. The molecule has 16 heavy (non-hydrogen) atoms. The van der Waals surface area contributed by atoms with Gasteiger partial charge in [-0.1, -0.05) is 6.92 Å². The molecule has 92 valence electrons. The minimum atomic E-state index is 0.168. The Balaban J connectivity index is 1.86. The summed E-state index contributed by atoms with van der Waals surface area (Å²) in [7, 11) is 1.90. The number of carbonyl (C=O) groups is 1. The quantitative estimate of drug-likeness (QED) is 0.750. The average molecular weight is 226 g/mol. The minimum absolute atomic E-state index is 0.168. The first-order valence-corrected chi connectivity index (χ1v) is 6.24. The number of amides is 1. The summed E-state index contributed by atoms with van der Waals surface area (Å²) in [4.78, 5) is 16.0. The summed E-state index contributed by atoms with van der Waals surface area (Å²) < 4.78 is 0. The van der Waals surface area contributed by atoms with Crippen LogP contribution in [0.2, 0.25) is 0 Å². The molecule has 0 aromatic heterocycles. The molecule has 1 amide bonds.